The number of likely N-dealkylation sites (N-methyl/N-ethyl adjacent to an activating group) is 1. The van der Waals surface area contributed by atoms with E-state index in [0.717, 1.165) is 25.3 Å². The Morgan fingerprint density at radius 3 is 2.81 bits per heavy atom. The molecule has 3 rings (SSSR count). The molecule has 3 nitrogen and oxygen atoms in total. The molecule has 1 aliphatic rings. The Kier molecular flexibility index (Phi) is 4.13. The summed E-state index contributed by atoms with van der Waals surface area (Å²) in [6, 6.07) is 13.1. The van der Waals surface area contributed by atoms with Crippen LogP contribution in [0.5, 0.6) is 5.75 Å². The summed E-state index contributed by atoms with van der Waals surface area (Å²) in [5.41, 5.74) is 7.75. The fraction of sp³-hybridized carbons (Fsp3) is 0.444. The second-order valence-electron chi connectivity index (χ2n) is 5.78. The quantitative estimate of drug-likeness (QED) is 0.939. The lowest BCUT2D eigenvalue weighted by Gasteiger charge is -2.40. The number of hydrogen-bond donors (Lipinski definition) is 1. The van der Waals surface area contributed by atoms with Crippen LogP contribution in [0, 0.1) is 0 Å². The van der Waals surface area contributed by atoms with Gasteiger partial charge in [-0.15, -0.1) is 0 Å². The number of piperidine rings is 1. The summed E-state index contributed by atoms with van der Waals surface area (Å²) in [4.78, 5) is 2.48. The Morgan fingerprint density at radius 2 is 2.05 bits per heavy atom. The first-order valence-corrected chi connectivity index (χ1v) is 7.81. The molecule has 2 unspecified atom stereocenters. The first-order chi connectivity index (χ1) is 10.3. The van der Waals surface area contributed by atoms with Gasteiger partial charge in [-0.05, 0) is 42.8 Å². The minimum absolute atomic E-state index is 0.165. The van der Waals surface area contributed by atoms with Gasteiger partial charge in [-0.25, -0.2) is 0 Å². The molecule has 0 aliphatic carbocycles. The zero-order valence-corrected chi connectivity index (χ0v) is 12.9. The van der Waals surface area contributed by atoms with Gasteiger partial charge in [0.15, 0.2) is 0 Å². The van der Waals surface area contributed by atoms with Crippen molar-refractivity contribution in [3.8, 4) is 5.75 Å². The van der Waals surface area contributed by atoms with Crippen LogP contribution >= 0.6 is 0 Å². The molecule has 0 saturated carbocycles. The third-order valence-electron chi connectivity index (χ3n) is 4.63. The van der Waals surface area contributed by atoms with Gasteiger partial charge in [-0.2, -0.15) is 0 Å². The van der Waals surface area contributed by atoms with Crippen LogP contribution in [0.1, 0.15) is 31.4 Å². The molecule has 1 fully saturated rings. The van der Waals surface area contributed by atoms with Crippen molar-refractivity contribution in [1.29, 1.82) is 0 Å². The minimum atomic E-state index is 0.165. The molecule has 112 valence electrons. The van der Waals surface area contributed by atoms with Gasteiger partial charge in [-0.1, -0.05) is 37.3 Å². The lowest BCUT2D eigenvalue weighted by atomic mass is 9.87. The topological polar surface area (TPSA) is 38.5 Å². The molecule has 3 heteroatoms. The number of likely N-dealkylation sites (tertiary alicyclic amines) is 1. The van der Waals surface area contributed by atoms with E-state index in [1.165, 1.54) is 22.8 Å². The van der Waals surface area contributed by atoms with Crippen molar-refractivity contribution in [2.45, 2.75) is 31.8 Å². The van der Waals surface area contributed by atoms with Crippen LogP contribution in [0.25, 0.3) is 10.8 Å². The maximum Gasteiger partial charge on any atom is 0.124 e. The fourth-order valence-corrected chi connectivity index (χ4v) is 3.61. The van der Waals surface area contributed by atoms with Crippen LogP contribution < -0.4 is 10.5 Å². The molecule has 0 radical (unpaired) electrons. The monoisotopic (exact) mass is 284 g/mol. The number of nitrogens with two attached hydrogens (primary N) is 1. The third kappa shape index (κ3) is 2.52. The zero-order chi connectivity index (χ0) is 14.8. The lowest BCUT2D eigenvalue weighted by Crippen LogP contribution is -2.45. The number of ether oxygens (including phenoxy) is 1. The third-order valence-corrected chi connectivity index (χ3v) is 4.63. The van der Waals surface area contributed by atoms with E-state index in [9.17, 15) is 0 Å². The maximum atomic E-state index is 6.49. The summed E-state index contributed by atoms with van der Waals surface area (Å²) in [7, 11) is 1.75. The van der Waals surface area contributed by atoms with Gasteiger partial charge in [0.2, 0.25) is 0 Å². The molecule has 1 aliphatic heterocycles. The van der Waals surface area contributed by atoms with Crippen LogP contribution in [0.2, 0.25) is 0 Å². The molecule has 2 aromatic rings. The summed E-state index contributed by atoms with van der Waals surface area (Å²) in [5, 5.41) is 2.51. The SMILES string of the molecule is CCN1CCCC(N)C1c1c(OC)ccc2ccccc12. The predicted molar refractivity (Wildman–Crippen MR) is 87.7 cm³/mol. The fourth-order valence-electron chi connectivity index (χ4n) is 3.61. The molecule has 2 N–H and O–H groups in total. The van der Waals surface area contributed by atoms with E-state index in [-0.39, 0.29) is 12.1 Å². The normalized spacial score (nSPS) is 23.4. The summed E-state index contributed by atoms with van der Waals surface area (Å²) in [6.45, 7) is 4.34. The van der Waals surface area contributed by atoms with Crippen molar-refractivity contribution in [3.05, 3.63) is 42.0 Å². The summed E-state index contributed by atoms with van der Waals surface area (Å²) >= 11 is 0. The highest BCUT2D eigenvalue weighted by atomic mass is 16.5. The largest absolute Gasteiger partial charge is 0.496 e. The standard InChI is InChI=1S/C18H24N2O/c1-3-20-12-6-9-15(19)18(20)17-14-8-5-4-7-13(14)10-11-16(17)21-2/h4-5,7-8,10-11,15,18H,3,6,9,12,19H2,1-2H3. The molecule has 0 amide bonds. The maximum absolute atomic E-state index is 6.49. The highest BCUT2D eigenvalue weighted by molar-refractivity contribution is 5.88. The number of benzene rings is 2. The zero-order valence-electron chi connectivity index (χ0n) is 12.9. The Morgan fingerprint density at radius 1 is 1.24 bits per heavy atom. The van der Waals surface area contributed by atoms with Crippen LogP contribution in [0.4, 0.5) is 0 Å². The number of hydrogen-bond acceptors (Lipinski definition) is 3. The van der Waals surface area contributed by atoms with E-state index in [0.29, 0.717) is 0 Å². The number of nitrogens with zero attached hydrogens (tertiary/aromatic N) is 1. The molecule has 0 aromatic heterocycles. The number of rotatable bonds is 3. The van der Waals surface area contributed by atoms with Gasteiger partial charge in [0.1, 0.15) is 5.75 Å². The molecule has 1 heterocycles. The second kappa shape index (κ2) is 6.04. The summed E-state index contributed by atoms with van der Waals surface area (Å²) in [5.74, 6) is 0.953. The molecule has 1 saturated heterocycles. The van der Waals surface area contributed by atoms with E-state index in [1.54, 1.807) is 7.11 Å². The van der Waals surface area contributed by atoms with Gasteiger partial charge in [-0.3, -0.25) is 4.90 Å². The van der Waals surface area contributed by atoms with Crippen molar-refractivity contribution < 1.29 is 4.74 Å². The summed E-state index contributed by atoms with van der Waals surface area (Å²) in [6.07, 6.45) is 2.26. The Labute approximate surface area is 126 Å². The molecule has 0 spiro atoms. The Bertz CT molecular complexity index is 626. The van der Waals surface area contributed by atoms with Crippen molar-refractivity contribution in [2.24, 2.45) is 5.73 Å². The van der Waals surface area contributed by atoms with Crippen molar-refractivity contribution in [2.75, 3.05) is 20.2 Å². The lowest BCUT2D eigenvalue weighted by molar-refractivity contribution is 0.134. The molecule has 0 bridgehead atoms. The number of fused-ring (bicyclic) bond motifs is 1. The molecule has 21 heavy (non-hydrogen) atoms. The Balaban J connectivity index is 2.20. The molecule has 2 aromatic carbocycles. The predicted octanol–water partition coefficient (Wildman–Crippen LogP) is 3.33. The second-order valence-corrected chi connectivity index (χ2v) is 5.78. The van der Waals surface area contributed by atoms with Crippen molar-refractivity contribution in [1.82, 2.24) is 4.90 Å². The van der Waals surface area contributed by atoms with Crippen LogP contribution in [0.15, 0.2) is 36.4 Å². The van der Waals surface area contributed by atoms with E-state index >= 15 is 0 Å². The van der Waals surface area contributed by atoms with E-state index in [1.807, 2.05) is 0 Å². The smallest absolute Gasteiger partial charge is 0.124 e. The Hall–Kier alpha value is -1.58. The van der Waals surface area contributed by atoms with Crippen LogP contribution in [-0.4, -0.2) is 31.1 Å². The van der Waals surface area contributed by atoms with Crippen LogP contribution in [-0.2, 0) is 0 Å². The van der Waals surface area contributed by atoms with E-state index in [2.05, 4.69) is 48.2 Å². The van der Waals surface area contributed by atoms with Crippen molar-refractivity contribution >= 4 is 10.8 Å². The highest BCUT2D eigenvalue weighted by Crippen LogP contribution is 2.39. The summed E-state index contributed by atoms with van der Waals surface area (Å²) < 4.78 is 5.67. The van der Waals surface area contributed by atoms with Gasteiger partial charge >= 0.3 is 0 Å². The first kappa shape index (κ1) is 14.4. The highest BCUT2D eigenvalue weighted by Gasteiger charge is 2.32. The van der Waals surface area contributed by atoms with E-state index < -0.39 is 0 Å². The number of methoxy groups -OCH3 is 1. The van der Waals surface area contributed by atoms with Gasteiger partial charge < -0.3 is 10.5 Å². The van der Waals surface area contributed by atoms with Gasteiger partial charge in [0, 0.05) is 11.6 Å². The average Bonchev–Trinajstić information content (AvgIpc) is 2.53. The van der Waals surface area contributed by atoms with Gasteiger partial charge in [0.05, 0.1) is 13.2 Å². The molecule has 2 atom stereocenters. The van der Waals surface area contributed by atoms with Crippen molar-refractivity contribution in [3.63, 3.8) is 0 Å². The minimum Gasteiger partial charge on any atom is -0.496 e. The van der Waals surface area contributed by atoms with E-state index in [4.69, 9.17) is 10.5 Å². The van der Waals surface area contributed by atoms with Crippen LogP contribution in [0.3, 0.4) is 0 Å². The average molecular weight is 284 g/mol. The first-order valence-electron chi connectivity index (χ1n) is 7.81. The molecular weight excluding hydrogens is 260 g/mol. The molecular formula is C18H24N2O. The van der Waals surface area contributed by atoms with Gasteiger partial charge in [0.25, 0.3) is 0 Å².